The molecule has 1 aromatic carbocycles. The molecule has 24 heavy (non-hydrogen) atoms. The summed E-state index contributed by atoms with van der Waals surface area (Å²) in [5.74, 6) is 0.849. The molecular formula is C20H22N2O2. The summed E-state index contributed by atoms with van der Waals surface area (Å²) >= 11 is 0. The fraction of sp³-hybridized carbons (Fsp3) is 0.400. The number of aromatic nitrogens is 1. The van der Waals surface area contributed by atoms with Crippen molar-refractivity contribution in [3.63, 3.8) is 0 Å². The monoisotopic (exact) mass is 322 g/mol. The van der Waals surface area contributed by atoms with Crippen molar-refractivity contribution in [2.45, 2.75) is 45.1 Å². The highest BCUT2D eigenvalue weighted by atomic mass is 16.5. The minimum Gasteiger partial charge on any atom is -0.483 e. The Morgan fingerprint density at radius 1 is 1.25 bits per heavy atom. The van der Waals surface area contributed by atoms with Gasteiger partial charge in [0.2, 0.25) is 0 Å². The van der Waals surface area contributed by atoms with Gasteiger partial charge in [0, 0.05) is 29.2 Å². The summed E-state index contributed by atoms with van der Waals surface area (Å²) in [6.07, 6.45) is 7.06. The van der Waals surface area contributed by atoms with Crippen molar-refractivity contribution in [2.24, 2.45) is 0 Å². The molecule has 1 atom stereocenters. The molecule has 4 nitrogen and oxygen atoms in total. The van der Waals surface area contributed by atoms with Gasteiger partial charge in [-0.3, -0.25) is 9.78 Å². The lowest BCUT2D eigenvalue weighted by Gasteiger charge is -2.24. The van der Waals surface area contributed by atoms with E-state index in [1.807, 2.05) is 29.2 Å². The van der Waals surface area contributed by atoms with E-state index >= 15 is 0 Å². The highest BCUT2D eigenvalue weighted by Crippen LogP contribution is 2.32. The Morgan fingerprint density at radius 3 is 3.00 bits per heavy atom. The van der Waals surface area contributed by atoms with Crippen molar-refractivity contribution in [3.05, 3.63) is 53.3 Å². The Labute approximate surface area is 142 Å². The van der Waals surface area contributed by atoms with E-state index in [4.69, 9.17) is 4.74 Å². The third kappa shape index (κ3) is 2.66. The first kappa shape index (κ1) is 15.2. The van der Waals surface area contributed by atoms with Gasteiger partial charge in [-0.15, -0.1) is 0 Å². The SMILES string of the molecule is CC1Cc2ccccc2N1C(=O)COc1ccnc2c1CCCC2. The molecule has 0 saturated heterocycles. The molecule has 1 aromatic heterocycles. The van der Waals surface area contributed by atoms with Crippen LogP contribution in [0.25, 0.3) is 0 Å². The highest BCUT2D eigenvalue weighted by molar-refractivity contribution is 5.97. The van der Waals surface area contributed by atoms with E-state index in [-0.39, 0.29) is 18.6 Å². The molecule has 0 radical (unpaired) electrons. The van der Waals surface area contributed by atoms with Crippen LogP contribution < -0.4 is 9.64 Å². The van der Waals surface area contributed by atoms with Gasteiger partial charge < -0.3 is 9.64 Å². The smallest absolute Gasteiger partial charge is 0.265 e. The first-order valence-electron chi connectivity index (χ1n) is 8.73. The molecule has 0 bridgehead atoms. The Balaban J connectivity index is 1.50. The Hall–Kier alpha value is -2.36. The molecule has 1 aliphatic carbocycles. The topological polar surface area (TPSA) is 42.4 Å². The van der Waals surface area contributed by atoms with Crippen LogP contribution >= 0.6 is 0 Å². The number of hydrogen-bond donors (Lipinski definition) is 0. The van der Waals surface area contributed by atoms with Crippen molar-refractivity contribution in [1.29, 1.82) is 0 Å². The number of carbonyl (C=O) groups is 1. The average molecular weight is 322 g/mol. The number of pyridine rings is 1. The van der Waals surface area contributed by atoms with Crippen LogP contribution in [0.5, 0.6) is 5.75 Å². The summed E-state index contributed by atoms with van der Waals surface area (Å²) in [5, 5.41) is 0. The summed E-state index contributed by atoms with van der Waals surface area (Å²) in [6, 6.07) is 10.2. The van der Waals surface area contributed by atoms with E-state index in [1.165, 1.54) is 24.0 Å². The third-order valence-electron chi connectivity index (χ3n) is 5.02. The summed E-state index contributed by atoms with van der Waals surface area (Å²) in [7, 11) is 0. The van der Waals surface area contributed by atoms with Crippen LogP contribution in [0.2, 0.25) is 0 Å². The van der Waals surface area contributed by atoms with E-state index in [0.717, 1.165) is 36.4 Å². The summed E-state index contributed by atoms with van der Waals surface area (Å²) in [6.45, 7) is 2.17. The number of nitrogens with zero attached hydrogens (tertiary/aromatic N) is 2. The molecule has 2 heterocycles. The normalized spacial score (nSPS) is 18.9. The quantitative estimate of drug-likeness (QED) is 0.870. The predicted octanol–water partition coefficient (Wildman–Crippen LogP) is 3.32. The molecule has 4 rings (SSSR count). The zero-order valence-electron chi connectivity index (χ0n) is 14.0. The molecule has 2 aliphatic rings. The summed E-state index contributed by atoms with van der Waals surface area (Å²) in [5.41, 5.74) is 4.58. The maximum Gasteiger partial charge on any atom is 0.265 e. The zero-order chi connectivity index (χ0) is 16.5. The summed E-state index contributed by atoms with van der Waals surface area (Å²) in [4.78, 5) is 19.1. The molecule has 0 fully saturated rings. The van der Waals surface area contributed by atoms with E-state index < -0.39 is 0 Å². The van der Waals surface area contributed by atoms with Gasteiger partial charge in [0.25, 0.3) is 5.91 Å². The van der Waals surface area contributed by atoms with Gasteiger partial charge in [0.15, 0.2) is 6.61 Å². The van der Waals surface area contributed by atoms with Crippen LogP contribution in [-0.2, 0) is 24.1 Å². The van der Waals surface area contributed by atoms with Gasteiger partial charge in [-0.2, -0.15) is 0 Å². The molecule has 0 saturated carbocycles. The van der Waals surface area contributed by atoms with Gasteiger partial charge in [0.1, 0.15) is 5.75 Å². The number of ether oxygens (including phenoxy) is 1. The average Bonchev–Trinajstić information content (AvgIpc) is 2.95. The molecule has 4 heteroatoms. The molecule has 1 aliphatic heterocycles. The van der Waals surface area contributed by atoms with Crippen molar-refractivity contribution in [3.8, 4) is 5.75 Å². The van der Waals surface area contributed by atoms with Crippen molar-refractivity contribution in [2.75, 3.05) is 11.5 Å². The molecular weight excluding hydrogens is 300 g/mol. The number of fused-ring (bicyclic) bond motifs is 2. The Bertz CT molecular complexity index is 772. The minimum absolute atomic E-state index is 0.0221. The fourth-order valence-corrected chi connectivity index (χ4v) is 3.88. The van der Waals surface area contributed by atoms with Gasteiger partial charge in [-0.1, -0.05) is 18.2 Å². The molecule has 2 aromatic rings. The van der Waals surface area contributed by atoms with Crippen LogP contribution in [-0.4, -0.2) is 23.5 Å². The van der Waals surface area contributed by atoms with Crippen molar-refractivity contribution >= 4 is 11.6 Å². The number of hydrogen-bond acceptors (Lipinski definition) is 3. The van der Waals surface area contributed by atoms with Crippen LogP contribution in [0.3, 0.4) is 0 Å². The van der Waals surface area contributed by atoms with Crippen molar-refractivity contribution < 1.29 is 9.53 Å². The second kappa shape index (κ2) is 6.27. The maximum atomic E-state index is 12.7. The van der Waals surface area contributed by atoms with E-state index in [0.29, 0.717) is 0 Å². The second-order valence-electron chi connectivity index (χ2n) is 6.68. The lowest BCUT2D eigenvalue weighted by atomic mass is 9.95. The summed E-state index contributed by atoms with van der Waals surface area (Å²) < 4.78 is 5.91. The minimum atomic E-state index is 0.0221. The molecule has 124 valence electrons. The van der Waals surface area contributed by atoms with Gasteiger partial charge >= 0.3 is 0 Å². The van der Waals surface area contributed by atoms with Crippen LogP contribution in [0.1, 0.15) is 36.6 Å². The van der Waals surface area contributed by atoms with Crippen LogP contribution in [0, 0.1) is 0 Å². The zero-order valence-corrected chi connectivity index (χ0v) is 14.0. The molecule has 1 amide bonds. The molecule has 1 unspecified atom stereocenters. The van der Waals surface area contributed by atoms with Crippen LogP contribution in [0.4, 0.5) is 5.69 Å². The number of aryl methyl sites for hydroxylation is 1. The van der Waals surface area contributed by atoms with E-state index in [2.05, 4.69) is 18.0 Å². The number of para-hydroxylation sites is 1. The van der Waals surface area contributed by atoms with Gasteiger partial charge in [-0.05, 0) is 56.7 Å². The van der Waals surface area contributed by atoms with Gasteiger partial charge in [-0.25, -0.2) is 0 Å². The first-order chi connectivity index (χ1) is 11.7. The first-order valence-corrected chi connectivity index (χ1v) is 8.73. The second-order valence-corrected chi connectivity index (χ2v) is 6.68. The van der Waals surface area contributed by atoms with Crippen LogP contribution in [0.15, 0.2) is 36.5 Å². The molecule has 0 N–H and O–H groups in total. The van der Waals surface area contributed by atoms with Gasteiger partial charge in [0.05, 0.1) is 0 Å². The molecule has 0 spiro atoms. The van der Waals surface area contributed by atoms with E-state index in [1.54, 1.807) is 6.20 Å². The number of amides is 1. The largest absolute Gasteiger partial charge is 0.483 e. The fourth-order valence-electron chi connectivity index (χ4n) is 3.88. The third-order valence-corrected chi connectivity index (χ3v) is 5.02. The van der Waals surface area contributed by atoms with Crippen molar-refractivity contribution in [1.82, 2.24) is 4.98 Å². The maximum absolute atomic E-state index is 12.7. The number of anilines is 1. The number of benzene rings is 1. The predicted molar refractivity (Wildman–Crippen MR) is 93.5 cm³/mol. The standard InChI is InChI=1S/C20H22N2O2/c1-14-12-15-6-2-5-9-18(15)22(14)20(23)13-24-19-10-11-21-17-8-4-3-7-16(17)19/h2,5-6,9-11,14H,3-4,7-8,12-13H2,1H3. The lowest BCUT2D eigenvalue weighted by molar-refractivity contribution is -0.120. The van der Waals surface area contributed by atoms with E-state index in [9.17, 15) is 4.79 Å². The number of carbonyl (C=O) groups excluding carboxylic acids is 1. The Morgan fingerprint density at radius 2 is 2.08 bits per heavy atom. The number of rotatable bonds is 3. The Kier molecular flexibility index (Phi) is 3.97. The highest BCUT2D eigenvalue weighted by Gasteiger charge is 2.30. The lowest BCUT2D eigenvalue weighted by Crippen LogP contribution is -2.39.